The number of benzene rings is 3. The zero-order valence-corrected chi connectivity index (χ0v) is 17.8. The lowest BCUT2D eigenvalue weighted by Gasteiger charge is -2.26. The number of sulfonamides is 1. The van der Waals surface area contributed by atoms with E-state index < -0.39 is 15.9 Å². The monoisotopic (exact) mass is 449 g/mol. The molecule has 5 rings (SSSR count). The number of Topliss-reactive ketones (excluding diaryl/α,β-unsaturated/α-hetero) is 1. The zero-order valence-electron chi connectivity index (χ0n) is 16.9. The number of ether oxygens (including phenoxy) is 1. The van der Waals surface area contributed by atoms with Gasteiger partial charge < -0.3 is 4.74 Å². The van der Waals surface area contributed by atoms with Crippen LogP contribution < -0.4 is 5.43 Å². The lowest BCUT2D eigenvalue weighted by molar-refractivity contribution is 0.0730. The third kappa shape index (κ3) is 3.40. The van der Waals surface area contributed by atoms with Crippen molar-refractivity contribution in [1.82, 2.24) is 9.73 Å². The second-order valence-corrected chi connectivity index (χ2v) is 9.42. The fourth-order valence-corrected chi connectivity index (χ4v) is 5.45. The Labute approximate surface area is 184 Å². The molecule has 3 aromatic carbocycles. The van der Waals surface area contributed by atoms with Crippen molar-refractivity contribution in [3.8, 4) is 0 Å². The van der Waals surface area contributed by atoms with Crippen LogP contribution in [-0.4, -0.2) is 56.4 Å². The van der Waals surface area contributed by atoms with E-state index in [2.05, 4.69) is 10.5 Å². The van der Waals surface area contributed by atoms with Crippen molar-refractivity contribution in [3.63, 3.8) is 0 Å². The Balaban J connectivity index is 1.41. The van der Waals surface area contributed by atoms with E-state index in [0.717, 1.165) is 10.8 Å². The molecule has 1 fully saturated rings. The summed E-state index contributed by atoms with van der Waals surface area (Å²) in [5, 5.41) is 5.83. The first-order chi connectivity index (χ1) is 15.5. The van der Waals surface area contributed by atoms with Crippen LogP contribution in [0.5, 0.6) is 0 Å². The summed E-state index contributed by atoms with van der Waals surface area (Å²) in [7, 11) is -3.74. The minimum Gasteiger partial charge on any atom is -0.379 e. The fourth-order valence-electron chi connectivity index (χ4n) is 3.99. The van der Waals surface area contributed by atoms with Crippen LogP contribution in [0.4, 0.5) is 0 Å². The van der Waals surface area contributed by atoms with Crippen LogP contribution >= 0.6 is 0 Å². The van der Waals surface area contributed by atoms with Gasteiger partial charge in [0, 0.05) is 35.2 Å². The summed E-state index contributed by atoms with van der Waals surface area (Å²) in [6.07, 6.45) is 0. The van der Waals surface area contributed by atoms with E-state index in [9.17, 15) is 18.0 Å². The van der Waals surface area contributed by atoms with Crippen LogP contribution in [0.3, 0.4) is 0 Å². The summed E-state index contributed by atoms with van der Waals surface area (Å²) < 4.78 is 32.3. The first kappa shape index (κ1) is 20.5. The number of ketones is 1. The zero-order chi connectivity index (χ0) is 22.3. The Morgan fingerprint density at radius 2 is 1.66 bits per heavy atom. The fraction of sp³-hybridized carbons (Fsp3) is 0.174. The van der Waals surface area contributed by atoms with E-state index in [1.807, 2.05) is 18.2 Å². The third-order valence-electron chi connectivity index (χ3n) is 5.59. The number of morpholine rings is 1. The van der Waals surface area contributed by atoms with Gasteiger partial charge in [-0.15, -0.1) is 0 Å². The molecule has 1 amide bonds. The van der Waals surface area contributed by atoms with Crippen LogP contribution in [0.1, 0.15) is 26.3 Å². The highest BCUT2D eigenvalue weighted by atomic mass is 32.2. The van der Waals surface area contributed by atoms with Crippen LogP contribution in [-0.2, 0) is 14.8 Å². The van der Waals surface area contributed by atoms with Gasteiger partial charge in [0.25, 0.3) is 5.91 Å². The third-order valence-corrected chi connectivity index (χ3v) is 7.49. The Bertz CT molecular complexity index is 1390. The molecule has 0 radical (unpaired) electrons. The first-order valence-corrected chi connectivity index (χ1v) is 11.5. The maximum absolute atomic E-state index is 12.9. The summed E-state index contributed by atoms with van der Waals surface area (Å²) >= 11 is 0. The molecule has 32 heavy (non-hydrogen) atoms. The molecule has 1 heterocycles. The van der Waals surface area contributed by atoms with Gasteiger partial charge in [-0.25, -0.2) is 13.8 Å². The molecule has 3 aromatic rings. The predicted octanol–water partition coefficient (Wildman–Crippen LogP) is 2.19. The second kappa shape index (κ2) is 7.94. The van der Waals surface area contributed by atoms with E-state index in [0.29, 0.717) is 24.3 Å². The van der Waals surface area contributed by atoms with Crippen molar-refractivity contribution in [1.29, 1.82) is 0 Å². The molecule has 162 valence electrons. The quantitative estimate of drug-likeness (QED) is 0.615. The second-order valence-electron chi connectivity index (χ2n) is 7.48. The SMILES string of the molecule is O=C(N/N=C1/C(=O)c2cccc3cccc1c23)c1cccc(S(=O)(=O)N2CCOCC2)c1. The summed E-state index contributed by atoms with van der Waals surface area (Å²) in [5.41, 5.74) is 3.90. The number of nitrogens with zero attached hydrogens (tertiary/aromatic N) is 2. The maximum atomic E-state index is 12.9. The molecule has 1 saturated heterocycles. The molecule has 9 heteroatoms. The largest absolute Gasteiger partial charge is 0.379 e. The standard InChI is InChI=1S/C23H19N3O5S/c27-22-19-9-3-5-15-4-2-8-18(20(15)19)21(22)24-25-23(28)16-6-1-7-17(14-16)32(29,30)26-10-12-31-13-11-26/h1-9,14H,10-13H2,(H,25,28)/b24-21+. The summed E-state index contributed by atoms with van der Waals surface area (Å²) in [6, 6.07) is 16.8. The molecule has 1 aliphatic heterocycles. The number of hydrogen-bond acceptors (Lipinski definition) is 6. The lowest BCUT2D eigenvalue weighted by atomic mass is 10.1. The predicted molar refractivity (Wildman–Crippen MR) is 118 cm³/mol. The lowest BCUT2D eigenvalue weighted by Crippen LogP contribution is -2.40. The topological polar surface area (TPSA) is 105 Å². The average Bonchev–Trinajstić information content (AvgIpc) is 3.11. The van der Waals surface area contributed by atoms with Crippen molar-refractivity contribution in [3.05, 3.63) is 77.4 Å². The van der Waals surface area contributed by atoms with Crippen molar-refractivity contribution in [2.24, 2.45) is 5.10 Å². The molecular formula is C23H19N3O5S. The van der Waals surface area contributed by atoms with E-state index in [4.69, 9.17) is 4.74 Å². The van der Waals surface area contributed by atoms with Crippen molar-refractivity contribution >= 4 is 38.2 Å². The number of carbonyl (C=O) groups is 2. The maximum Gasteiger partial charge on any atom is 0.271 e. The Morgan fingerprint density at radius 3 is 2.41 bits per heavy atom. The van der Waals surface area contributed by atoms with Crippen molar-refractivity contribution in [2.45, 2.75) is 4.90 Å². The molecule has 0 bridgehead atoms. The van der Waals surface area contributed by atoms with Gasteiger partial charge in [0.1, 0.15) is 5.71 Å². The molecule has 0 spiro atoms. The normalized spacial score (nSPS) is 17.8. The minimum absolute atomic E-state index is 0.0221. The Kier molecular flexibility index (Phi) is 5.09. The van der Waals surface area contributed by atoms with Gasteiger partial charge in [0.2, 0.25) is 15.8 Å². The van der Waals surface area contributed by atoms with Crippen molar-refractivity contribution in [2.75, 3.05) is 26.3 Å². The summed E-state index contributed by atoms with van der Waals surface area (Å²) in [6.45, 7) is 1.20. The summed E-state index contributed by atoms with van der Waals surface area (Å²) in [5.74, 6) is -0.867. The molecule has 1 N–H and O–H groups in total. The first-order valence-electron chi connectivity index (χ1n) is 10.1. The Hall–Kier alpha value is -3.40. The van der Waals surface area contributed by atoms with Gasteiger partial charge in [0.05, 0.1) is 18.1 Å². The molecule has 8 nitrogen and oxygen atoms in total. The highest BCUT2D eigenvalue weighted by Crippen LogP contribution is 2.30. The van der Waals surface area contributed by atoms with E-state index in [-0.39, 0.29) is 35.0 Å². The van der Waals surface area contributed by atoms with Crippen LogP contribution in [0.25, 0.3) is 10.8 Å². The minimum atomic E-state index is -3.74. The van der Waals surface area contributed by atoms with Gasteiger partial charge in [-0.2, -0.15) is 9.41 Å². The highest BCUT2D eigenvalue weighted by Gasteiger charge is 2.29. The molecule has 0 unspecified atom stereocenters. The van der Waals surface area contributed by atoms with Crippen LogP contribution in [0, 0.1) is 0 Å². The number of hydrogen-bond donors (Lipinski definition) is 1. The van der Waals surface area contributed by atoms with Gasteiger partial charge >= 0.3 is 0 Å². The van der Waals surface area contributed by atoms with E-state index in [1.165, 1.54) is 28.6 Å². The smallest absolute Gasteiger partial charge is 0.271 e. The van der Waals surface area contributed by atoms with Gasteiger partial charge in [-0.3, -0.25) is 9.59 Å². The number of hydrazone groups is 1. The molecular weight excluding hydrogens is 430 g/mol. The molecule has 2 aliphatic rings. The molecule has 0 aromatic heterocycles. The summed E-state index contributed by atoms with van der Waals surface area (Å²) in [4.78, 5) is 25.6. The number of amides is 1. The average molecular weight is 449 g/mol. The van der Waals surface area contributed by atoms with Gasteiger partial charge in [-0.1, -0.05) is 42.5 Å². The van der Waals surface area contributed by atoms with Crippen LogP contribution in [0.15, 0.2) is 70.7 Å². The molecule has 1 aliphatic carbocycles. The van der Waals surface area contributed by atoms with Crippen LogP contribution in [0.2, 0.25) is 0 Å². The number of nitrogens with one attached hydrogen (secondary N) is 1. The number of carbonyl (C=O) groups excluding carboxylic acids is 2. The molecule has 0 saturated carbocycles. The molecule has 0 atom stereocenters. The number of rotatable bonds is 4. The van der Waals surface area contributed by atoms with E-state index in [1.54, 1.807) is 18.2 Å². The highest BCUT2D eigenvalue weighted by molar-refractivity contribution is 7.89. The van der Waals surface area contributed by atoms with Crippen molar-refractivity contribution < 1.29 is 22.7 Å². The van der Waals surface area contributed by atoms with Gasteiger partial charge in [0.15, 0.2) is 0 Å². The Morgan fingerprint density at radius 1 is 0.969 bits per heavy atom. The van der Waals surface area contributed by atoms with E-state index >= 15 is 0 Å². The van der Waals surface area contributed by atoms with Gasteiger partial charge in [-0.05, 0) is 23.6 Å².